The van der Waals surface area contributed by atoms with Gasteiger partial charge < -0.3 is 15.2 Å². The number of carbonyl (C=O) groups is 1. The molecule has 1 fully saturated rings. The fourth-order valence-corrected chi connectivity index (χ4v) is 2.18. The zero-order valence-corrected chi connectivity index (χ0v) is 11.8. The standard InChI is InChI=1S/C16H19NO3/c1-12-16(2,9-11-20-12)17-15(19)14-7-5-13(6-8-14)4-3-10-18/h5-8,12,18H,9-11H2,1-2H3,(H,17,19). The molecule has 0 spiro atoms. The number of amides is 1. The number of aliphatic hydroxyl groups is 1. The van der Waals surface area contributed by atoms with E-state index in [1.165, 1.54) is 0 Å². The molecule has 106 valence electrons. The number of carbonyl (C=O) groups excluding carboxylic acids is 1. The predicted molar refractivity (Wildman–Crippen MR) is 76.3 cm³/mol. The van der Waals surface area contributed by atoms with Gasteiger partial charge in [0, 0.05) is 17.7 Å². The Morgan fingerprint density at radius 2 is 2.20 bits per heavy atom. The van der Waals surface area contributed by atoms with Gasteiger partial charge in [-0.05, 0) is 44.5 Å². The average Bonchev–Trinajstić information content (AvgIpc) is 2.76. The van der Waals surface area contributed by atoms with Gasteiger partial charge in [0.05, 0.1) is 11.6 Å². The third-order valence-electron chi connectivity index (χ3n) is 3.74. The fraction of sp³-hybridized carbons (Fsp3) is 0.438. The molecule has 2 atom stereocenters. The molecule has 1 aliphatic rings. The Bertz CT molecular complexity index is 541. The van der Waals surface area contributed by atoms with Crippen molar-refractivity contribution in [3.63, 3.8) is 0 Å². The lowest BCUT2D eigenvalue weighted by molar-refractivity contribution is 0.0727. The Kier molecular flexibility index (Phi) is 4.43. The summed E-state index contributed by atoms with van der Waals surface area (Å²) in [5.41, 5.74) is 1.06. The minimum absolute atomic E-state index is 0.0149. The number of rotatable bonds is 2. The zero-order valence-electron chi connectivity index (χ0n) is 11.8. The van der Waals surface area contributed by atoms with Crippen LogP contribution in [0.4, 0.5) is 0 Å². The molecule has 0 aliphatic carbocycles. The van der Waals surface area contributed by atoms with Crippen LogP contribution in [-0.2, 0) is 4.74 Å². The molecule has 0 bridgehead atoms. The number of hydrogen-bond acceptors (Lipinski definition) is 3. The van der Waals surface area contributed by atoms with Crippen molar-refractivity contribution in [1.82, 2.24) is 5.32 Å². The summed E-state index contributed by atoms with van der Waals surface area (Å²) in [5, 5.41) is 11.7. The van der Waals surface area contributed by atoms with Crippen LogP contribution >= 0.6 is 0 Å². The van der Waals surface area contributed by atoms with Crippen molar-refractivity contribution >= 4 is 5.91 Å². The highest BCUT2D eigenvalue weighted by atomic mass is 16.5. The van der Waals surface area contributed by atoms with Crippen LogP contribution < -0.4 is 5.32 Å². The van der Waals surface area contributed by atoms with E-state index in [2.05, 4.69) is 17.2 Å². The highest BCUT2D eigenvalue weighted by Crippen LogP contribution is 2.25. The molecule has 2 N–H and O–H groups in total. The normalized spacial score (nSPS) is 24.9. The third-order valence-corrected chi connectivity index (χ3v) is 3.74. The summed E-state index contributed by atoms with van der Waals surface area (Å²) < 4.78 is 5.51. The summed E-state index contributed by atoms with van der Waals surface area (Å²) in [6.45, 7) is 4.48. The van der Waals surface area contributed by atoms with Gasteiger partial charge in [0.1, 0.15) is 6.61 Å². The molecule has 0 aromatic heterocycles. The van der Waals surface area contributed by atoms with E-state index in [-0.39, 0.29) is 24.2 Å². The second-order valence-corrected chi connectivity index (χ2v) is 5.17. The largest absolute Gasteiger partial charge is 0.384 e. The molecule has 20 heavy (non-hydrogen) atoms. The molecule has 0 radical (unpaired) electrons. The fourth-order valence-electron chi connectivity index (χ4n) is 2.18. The number of ether oxygens (including phenoxy) is 1. The van der Waals surface area contributed by atoms with E-state index in [1.54, 1.807) is 24.3 Å². The minimum Gasteiger partial charge on any atom is -0.384 e. The number of aliphatic hydroxyl groups excluding tert-OH is 1. The van der Waals surface area contributed by atoms with Crippen molar-refractivity contribution in [3.05, 3.63) is 35.4 Å². The van der Waals surface area contributed by atoms with E-state index >= 15 is 0 Å². The Labute approximate surface area is 119 Å². The first-order chi connectivity index (χ1) is 9.55. The van der Waals surface area contributed by atoms with Gasteiger partial charge in [-0.1, -0.05) is 11.8 Å². The molecule has 2 rings (SSSR count). The van der Waals surface area contributed by atoms with E-state index in [4.69, 9.17) is 9.84 Å². The van der Waals surface area contributed by atoms with Crippen LogP contribution in [0.1, 0.15) is 36.2 Å². The lowest BCUT2D eigenvalue weighted by Gasteiger charge is -2.28. The molecule has 2 unspecified atom stereocenters. The van der Waals surface area contributed by atoms with Crippen LogP contribution in [0.25, 0.3) is 0 Å². The van der Waals surface area contributed by atoms with E-state index in [0.29, 0.717) is 12.2 Å². The lowest BCUT2D eigenvalue weighted by atomic mass is 9.94. The van der Waals surface area contributed by atoms with E-state index in [0.717, 1.165) is 12.0 Å². The molecule has 1 heterocycles. The van der Waals surface area contributed by atoms with Gasteiger partial charge >= 0.3 is 0 Å². The van der Waals surface area contributed by atoms with Gasteiger partial charge in [0.25, 0.3) is 5.91 Å². The summed E-state index contributed by atoms with van der Waals surface area (Å²) in [7, 11) is 0. The first-order valence-corrected chi connectivity index (χ1v) is 6.69. The summed E-state index contributed by atoms with van der Waals surface area (Å²) in [5.74, 6) is 5.26. The van der Waals surface area contributed by atoms with Crippen molar-refractivity contribution in [2.24, 2.45) is 0 Å². The van der Waals surface area contributed by atoms with Gasteiger partial charge in [-0.2, -0.15) is 0 Å². The smallest absolute Gasteiger partial charge is 0.251 e. The molecule has 1 saturated heterocycles. The predicted octanol–water partition coefficient (Wildman–Crippen LogP) is 1.33. The zero-order chi connectivity index (χ0) is 14.6. The molecule has 1 amide bonds. The van der Waals surface area contributed by atoms with Crippen molar-refractivity contribution in [2.45, 2.75) is 31.9 Å². The maximum atomic E-state index is 12.2. The van der Waals surface area contributed by atoms with E-state index in [9.17, 15) is 4.79 Å². The molecule has 1 aromatic rings. The second-order valence-electron chi connectivity index (χ2n) is 5.17. The first-order valence-electron chi connectivity index (χ1n) is 6.69. The molecule has 1 aromatic carbocycles. The third kappa shape index (κ3) is 3.19. The second kappa shape index (κ2) is 6.08. The minimum atomic E-state index is -0.313. The SMILES string of the molecule is CC1OCCC1(C)NC(=O)c1ccc(C#CCO)cc1. The highest BCUT2D eigenvalue weighted by molar-refractivity contribution is 5.94. The molecule has 4 nitrogen and oxygen atoms in total. The summed E-state index contributed by atoms with van der Waals surface area (Å²) in [6, 6.07) is 7.02. The van der Waals surface area contributed by atoms with Crippen LogP contribution in [0.15, 0.2) is 24.3 Å². The van der Waals surface area contributed by atoms with E-state index < -0.39 is 0 Å². The Morgan fingerprint density at radius 1 is 1.50 bits per heavy atom. The molecular formula is C16H19NO3. The van der Waals surface area contributed by atoms with Gasteiger partial charge in [-0.15, -0.1) is 0 Å². The summed E-state index contributed by atoms with van der Waals surface area (Å²) in [4.78, 5) is 12.2. The number of hydrogen-bond donors (Lipinski definition) is 2. The maximum Gasteiger partial charge on any atom is 0.251 e. The van der Waals surface area contributed by atoms with Crippen molar-refractivity contribution in [3.8, 4) is 11.8 Å². The van der Waals surface area contributed by atoms with Gasteiger partial charge in [-0.3, -0.25) is 4.79 Å². The number of benzene rings is 1. The molecule has 4 heteroatoms. The number of nitrogens with one attached hydrogen (secondary N) is 1. The molecular weight excluding hydrogens is 254 g/mol. The van der Waals surface area contributed by atoms with Crippen LogP contribution in [0, 0.1) is 11.8 Å². The van der Waals surface area contributed by atoms with Crippen molar-refractivity contribution in [2.75, 3.05) is 13.2 Å². The van der Waals surface area contributed by atoms with Crippen LogP contribution in [0.5, 0.6) is 0 Å². The van der Waals surface area contributed by atoms with E-state index in [1.807, 2.05) is 13.8 Å². The Balaban J connectivity index is 2.06. The highest BCUT2D eigenvalue weighted by Gasteiger charge is 2.38. The average molecular weight is 273 g/mol. The van der Waals surface area contributed by atoms with Crippen molar-refractivity contribution in [1.29, 1.82) is 0 Å². The van der Waals surface area contributed by atoms with Crippen molar-refractivity contribution < 1.29 is 14.6 Å². The monoisotopic (exact) mass is 273 g/mol. The quantitative estimate of drug-likeness (QED) is 0.799. The van der Waals surface area contributed by atoms with Crippen LogP contribution in [0.3, 0.4) is 0 Å². The maximum absolute atomic E-state index is 12.2. The van der Waals surface area contributed by atoms with Crippen LogP contribution in [-0.4, -0.2) is 35.9 Å². The molecule has 0 saturated carbocycles. The topological polar surface area (TPSA) is 58.6 Å². The Morgan fingerprint density at radius 3 is 2.75 bits per heavy atom. The Hall–Kier alpha value is -1.83. The van der Waals surface area contributed by atoms with Gasteiger partial charge in [-0.25, -0.2) is 0 Å². The molecule has 1 aliphatic heterocycles. The van der Waals surface area contributed by atoms with Gasteiger partial charge in [0.2, 0.25) is 0 Å². The van der Waals surface area contributed by atoms with Crippen LogP contribution in [0.2, 0.25) is 0 Å². The van der Waals surface area contributed by atoms with Gasteiger partial charge in [0.15, 0.2) is 0 Å². The first kappa shape index (κ1) is 14.6. The summed E-state index contributed by atoms with van der Waals surface area (Å²) in [6.07, 6.45) is 0.834. The lowest BCUT2D eigenvalue weighted by Crippen LogP contribution is -2.50. The summed E-state index contributed by atoms with van der Waals surface area (Å²) >= 11 is 0.